The number of fused-ring (bicyclic) bond motifs is 7. The van der Waals surface area contributed by atoms with E-state index in [1.165, 1.54) is 12.5 Å². The molecule has 0 aromatic rings. The number of rotatable bonds is 6. The highest BCUT2D eigenvalue weighted by Crippen LogP contribution is 2.76. The average Bonchev–Trinajstić information content (AvgIpc) is 3.08. The molecule has 1 aliphatic heterocycles. The molecule has 0 radical (unpaired) electrons. The highest BCUT2D eigenvalue weighted by molar-refractivity contribution is 5.87. The molecule has 1 saturated heterocycles. The van der Waals surface area contributed by atoms with E-state index in [0.29, 0.717) is 30.3 Å². The summed E-state index contributed by atoms with van der Waals surface area (Å²) in [4.78, 5) is 25.5. The zero-order valence-corrected chi connectivity index (χ0v) is 34.4. The second-order valence-corrected chi connectivity index (χ2v) is 20.0. The summed E-state index contributed by atoms with van der Waals surface area (Å²) in [5, 5.41) is 57.9. The van der Waals surface area contributed by atoms with Gasteiger partial charge in [0.15, 0.2) is 12.4 Å². The molecule has 4 saturated carbocycles. The molecule has 1 heterocycles. The lowest BCUT2D eigenvalue weighted by Crippen LogP contribution is -2.73. The molecule has 5 aliphatic carbocycles. The van der Waals surface area contributed by atoms with Crippen LogP contribution in [-0.4, -0.2) is 99.2 Å². The van der Waals surface area contributed by atoms with E-state index in [9.17, 15) is 35.1 Å². The fraction of sp³-hybridized carbons (Fsp3) is 0.860. The van der Waals surface area contributed by atoms with Crippen LogP contribution in [0.1, 0.15) is 121 Å². The van der Waals surface area contributed by atoms with Crippen LogP contribution in [-0.2, 0) is 28.5 Å². The molecular formula is C43H68O11. The Balaban J connectivity index is 1.36. The Bertz CT molecular complexity index is 1540. The van der Waals surface area contributed by atoms with Gasteiger partial charge in [0.1, 0.15) is 24.4 Å². The van der Waals surface area contributed by atoms with Crippen LogP contribution in [0, 0.1) is 50.2 Å². The van der Waals surface area contributed by atoms with Gasteiger partial charge in [0.2, 0.25) is 0 Å². The van der Waals surface area contributed by atoms with Crippen LogP contribution in [0.4, 0.5) is 0 Å². The first-order chi connectivity index (χ1) is 25.0. The van der Waals surface area contributed by atoms with Gasteiger partial charge in [-0.25, -0.2) is 4.79 Å². The fourth-order valence-electron chi connectivity index (χ4n) is 13.2. The number of carbonyl (C=O) groups is 2. The van der Waals surface area contributed by atoms with Crippen molar-refractivity contribution >= 4 is 11.9 Å². The first-order valence-corrected chi connectivity index (χ1v) is 20.3. The summed E-state index contributed by atoms with van der Waals surface area (Å²) in [6.07, 6.45) is -0.755. The lowest BCUT2D eigenvalue weighted by atomic mass is 9.33. The summed E-state index contributed by atoms with van der Waals surface area (Å²) < 4.78 is 24.4. The number of esters is 2. The van der Waals surface area contributed by atoms with Crippen molar-refractivity contribution < 1.29 is 54.1 Å². The Hall–Kier alpha value is -1.86. The molecule has 5 N–H and O–H groups in total. The molecule has 54 heavy (non-hydrogen) atoms. The molecule has 306 valence electrons. The Kier molecular flexibility index (Phi) is 10.8. The molecule has 0 spiro atoms. The molecule has 0 amide bonds. The van der Waals surface area contributed by atoms with E-state index in [-0.39, 0.29) is 28.3 Å². The Morgan fingerprint density at radius 3 is 2.17 bits per heavy atom. The molecular weight excluding hydrogens is 692 g/mol. The summed E-state index contributed by atoms with van der Waals surface area (Å²) in [6, 6.07) is 0. The molecule has 16 atom stereocenters. The Labute approximate surface area is 321 Å². The van der Waals surface area contributed by atoms with Crippen molar-refractivity contribution in [3.8, 4) is 0 Å². The van der Waals surface area contributed by atoms with E-state index < -0.39 is 83.8 Å². The van der Waals surface area contributed by atoms with E-state index in [2.05, 4.69) is 40.7 Å². The molecule has 11 nitrogen and oxygen atoms in total. The first-order valence-electron chi connectivity index (χ1n) is 20.3. The van der Waals surface area contributed by atoms with Crippen molar-refractivity contribution in [2.75, 3.05) is 6.61 Å². The van der Waals surface area contributed by atoms with E-state index in [1.807, 2.05) is 13.8 Å². The normalized spacial score (nSPS) is 49.6. The van der Waals surface area contributed by atoms with Gasteiger partial charge in [0.25, 0.3) is 0 Å². The lowest BCUT2D eigenvalue weighted by molar-refractivity contribution is -0.342. The topological polar surface area (TPSA) is 172 Å². The smallest absolute Gasteiger partial charge is 0.333 e. The summed E-state index contributed by atoms with van der Waals surface area (Å²) in [5.74, 6) is -0.890. The zero-order chi connectivity index (χ0) is 40.1. The van der Waals surface area contributed by atoms with Crippen molar-refractivity contribution in [2.24, 2.45) is 50.2 Å². The number of allylic oxidation sites excluding steroid dienone is 3. The maximum absolute atomic E-state index is 13.0. The molecule has 0 bridgehead atoms. The van der Waals surface area contributed by atoms with Gasteiger partial charge in [-0.1, -0.05) is 66.2 Å². The molecule has 16 unspecified atom stereocenters. The van der Waals surface area contributed by atoms with Crippen molar-refractivity contribution in [1.82, 2.24) is 0 Å². The SMILES string of the molecule is CC=C(C)C(=O)OC1C(C)OC(OC2C(OC(C)=O)C3(CO)C(O)CC4(C)C(=CCC5C6(C)CCC(O)C(C)(C)C6CCC54C)C3CC2(C)C)C(O)C1O. The van der Waals surface area contributed by atoms with Crippen molar-refractivity contribution in [1.29, 1.82) is 0 Å². The third kappa shape index (κ3) is 5.91. The highest BCUT2D eigenvalue weighted by atomic mass is 16.7. The minimum Gasteiger partial charge on any atom is -0.459 e. The van der Waals surface area contributed by atoms with Gasteiger partial charge >= 0.3 is 11.9 Å². The van der Waals surface area contributed by atoms with Crippen LogP contribution in [0.5, 0.6) is 0 Å². The Morgan fingerprint density at radius 1 is 0.889 bits per heavy atom. The van der Waals surface area contributed by atoms with Crippen molar-refractivity contribution in [2.45, 2.75) is 176 Å². The van der Waals surface area contributed by atoms with E-state index in [0.717, 1.165) is 32.1 Å². The first kappa shape index (κ1) is 41.8. The van der Waals surface area contributed by atoms with E-state index >= 15 is 0 Å². The van der Waals surface area contributed by atoms with Crippen LogP contribution < -0.4 is 0 Å². The number of hydrogen-bond acceptors (Lipinski definition) is 11. The summed E-state index contributed by atoms with van der Waals surface area (Å²) >= 11 is 0. The van der Waals surface area contributed by atoms with Crippen molar-refractivity contribution in [3.05, 3.63) is 23.3 Å². The summed E-state index contributed by atoms with van der Waals surface area (Å²) in [7, 11) is 0. The average molecular weight is 761 g/mol. The second-order valence-electron chi connectivity index (χ2n) is 20.0. The van der Waals surface area contributed by atoms with Crippen LogP contribution in [0.15, 0.2) is 23.3 Å². The van der Waals surface area contributed by atoms with Crippen LogP contribution >= 0.6 is 0 Å². The third-order valence-corrected chi connectivity index (χ3v) is 16.7. The predicted octanol–water partition coefficient (Wildman–Crippen LogP) is 4.99. The molecule has 0 aromatic heterocycles. The van der Waals surface area contributed by atoms with Gasteiger partial charge in [-0.15, -0.1) is 0 Å². The van der Waals surface area contributed by atoms with Crippen LogP contribution in [0.3, 0.4) is 0 Å². The van der Waals surface area contributed by atoms with Gasteiger partial charge in [-0.2, -0.15) is 0 Å². The molecule has 5 fully saturated rings. The quantitative estimate of drug-likeness (QED) is 0.107. The minimum absolute atomic E-state index is 0.00762. The number of ether oxygens (including phenoxy) is 4. The molecule has 6 aliphatic rings. The third-order valence-electron chi connectivity index (χ3n) is 16.7. The maximum Gasteiger partial charge on any atom is 0.333 e. The number of aliphatic hydroxyl groups is 5. The summed E-state index contributed by atoms with van der Waals surface area (Å²) in [5.41, 5.74) is -1.31. The van der Waals surface area contributed by atoms with Gasteiger partial charge < -0.3 is 44.5 Å². The molecule has 6 rings (SSSR count). The standard InChI is InChI=1S/C43H68O11/c1-12-22(2)36(50)53-33-23(3)51-37(32(49)31(33)48)54-34-35(52-24(4)45)43(21-44)26(19-38(34,5)6)25-13-14-28-40(9)17-16-29(46)39(7,8)27(40)15-18-41(28,10)42(25,11)20-30(43)47/h12-13,23,26-35,37,44,46-49H,14-21H2,1-11H3. The van der Waals surface area contributed by atoms with E-state index in [1.54, 1.807) is 26.8 Å². The fourth-order valence-corrected chi connectivity index (χ4v) is 13.2. The van der Waals surface area contributed by atoms with Gasteiger partial charge in [0, 0.05) is 12.5 Å². The number of hydrogen-bond donors (Lipinski definition) is 5. The Morgan fingerprint density at radius 2 is 1.56 bits per heavy atom. The molecule has 11 heteroatoms. The minimum atomic E-state index is -1.62. The molecule has 0 aromatic carbocycles. The largest absolute Gasteiger partial charge is 0.459 e. The van der Waals surface area contributed by atoms with Gasteiger partial charge in [0.05, 0.1) is 30.3 Å². The van der Waals surface area contributed by atoms with Crippen molar-refractivity contribution in [3.63, 3.8) is 0 Å². The van der Waals surface area contributed by atoms with Crippen LogP contribution in [0.25, 0.3) is 0 Å². The van der Waals surface area contributed by atoms with Gasteiger partial charge in [-0.05, 0) is 111 Å². The maximum atomic E-state index is 13.0. The summed E-state index contributed by atoms with van der Waals surface area (Å²) in [6.45, 7) is 21.3. The monoisotopic (exact) mass is 760 g/mol. The van der Waals surface area contributed by atoms with Crippen LogP contribution in [0.2, 0.25) is 0 Å². The number of carbonyl (C=O) groups excluding carboxylic acids is 2. The zero-order valence-electron chi connectivity index (χ0n) is 34.4. The lowest BCUT2D eigenvalue weighted by Gasteiger charge is -2.72. The van der Waals surface area contributed by atoms with Gasteiger partial charge in [-0.3, -0.25) is 4.79 Å². The van der Waals surface area contributed by atoms with E-state index in [4.69, 9.17) is 18.9 Å². The number of aliphatic hydroxyl groups excluding tert-OH is 5. The predicted molar refractivity (Wildman–Crippen MR) is 200 cm³/mol. The highest BCUT2D eigenvalue weighted by Gasteiger charge is 2.73. The second kappa shape index (κ2) is 13.9.